The van der Waals surface area contributed by atoms with E-state index in [1.54, 1.807) is 9.80 Å². The Morgan fingerprint density at radius 2 is 1.88 bits per heavy atom. The van der Waals surface area contributed by atoms with E-state index in [0.717, 1.165) is 24.1 Å². The number of piperidine rings is 1. The Morgan fingerprint density at radius 3 is 2.48 bits per heavy atom. The molecule has 2 atom stereocenters. The SMILES string of the molecule is Cc1cccc(CN(CCN(C)C)C(=O)C(=O)N2CC3CC(C2)N3)c1. The van der Waals surface area contributed by atoms with Crippen molar-refractivity contribution in [3.8, 4) is 0 Å². The number of aryl methyl sites for hydroxylation is 1. The van der Waals surface area contributed by atoms with Crippen molar-refractivity contribution in [2.75, 3.05) is 40.3 Å². The Hall–Kier alpha value is -1.92. The van der Waals surface area contributed by atoms with Crippen molar-refractivity contribution in [3.63, 3.8) is 0 Å². The third kappa shape index (κ3) is 4.38. The summed E-state index contributed by atoms with van der Waals surface area (Å²) in [6.45, 7) is 5.08. The molecule has 6 nitrogen and oxygen atoms in total. The minimum absolute atomic E-state index is 0.359. The Bertz CT molecular complexity index is 630. The Kier molecular flexibility index (Phi) is 5.39. The van der Waals surface area contributed by atoms with E-state index >= 15 is 0 Å². The minimum atomic E-state index is -0.385. The van der Waals surface area contributed by atoms with Crippen LogP contribution in [0.2, 0.25) is 0 Å². The molecule has 6 heteroatoms. The number of hydrogen-bond acceptors (Lipinski definition) is 4. The zero-order valence-electron chi connectivity index (χ0n) is 15.4. The average Bonchev–Trinajstić information content (AvgIpc) is 2.56. The molecule has 2 unspecified atom stereocenters. The average molecular weight is 344 g/mol. The van der Waals surface area contributed by atoms with Gasteiger partial charge in [0.2, 0.25) is 0 Å². The fourth-order valence-electron chi connectivity index (χ4n) is 3.55. The summed E-state index contributed by atoms with van der Waals surface area (Å²) in [6, 6.07) is 8.83. The number of fused-ring (bicyclic) bond motifs is 2. The molecule has 0 aromatic heterocycles. The maximum absolute atomic E-state index is 12.9. The fourth-order valence-corrected chi connectivity index (χ4v) is 3.55. The number of amides is 2. The smallest absolute Gasteiger partial charge is 0.312 e. The Morgan fingerprint density at radius 1 is 1.20 bits per heavy atom. The summed E-state index contributed by atoms with van der Waals surface area (Å²) in [5.74, 6) is -0.743. The summed E-state index contributed by atoms with van der Waals surface area (Å²) >= 11 is 0. The third-order valence-corrected chi connectivity index (χ3v) is 4.95. The number of piperazine rings is 1. The normalized spacial score (nSPS) is 21.8. The van der Waals surface area contributed by atoms with E-state index in [4.69, 9.17) is 0 Å². The third-order valence-electron chi connectivity index (χ3n) is 4.95. The largest absolute Gasteiger partial charge is 0.331 e. The number of likely N-dealkylation sites (N-methyl/N-ethyl adjacent to an activating group) is 1. The second-order valence-electron chi connectivity index (χ2n) is 7.53. The summed E-state index contributed by atoms with van der Waals surface area (Å²) in [7, 11) is 3.95. The molecule has 0 spiro atoms. The summed E-state index contributed by atoms with van der Waals surface area (Å²) in [5, 5.41) is 3.39. The van der Waals surface area contributed by atoms with Crippen molar-refractivity contribution in [1.29, 1.82) is 0 Å². The van der Waals surface area contributed by atoms with Crippen molar-refractivity contribution in [3.05, 3.63) is 35.4 Å². The molecule has 4 rings (SSSR count). The molecule has 3 fully saturated rings. The highest BCUT2D eigenvalue weighted by atomic mass is 16.2. The number of hydrogen-bond donors (Lipinski definition) is 1. The first-order valence-corrected chi connectivity index (χ1v) is 8.97. The molecule has 2 amide bonds. The number of carbonyl (C=O) groups is 2. The highest BCUT2D eigenvalue weighted by Crippen LogP contribution is 2.21. The number of carbonyl (C=O) groups excluding carboxylic acids is 2. The molecule has 1 aromatic carbocycles. The van der Waals surface area contributed by atoms with E-state index in [1.807, 2.05) is 44.1 Å². The first-order chi connectivity index (χ1) is 11.9. The van der Waals surface area contributed by atoms with Crippen LogP contribution in [-0.4, -0.2) is 78.9 Å². The fraction of sp³-hybridized carbons (Fsp3) is 0.579. The van der Waals surface area contributed by atoms with Gasteiger partial charge in [-0.15, -0.1) is 0 Å². The Balaban J connectivity index is 1.68. The van der Waals surface area contributed by atoms with Gasteiger partial charge in [-0.25, -0.2) is 0 Å². The van der Waals surface area contributed by atoms with Gasteiger partial charge in [-0.3, -0.25) is 9.59 Å². The van der Waals surface area contributed by atoms with E-state index in [2.05, 4.69) is 11.4 Å². The van der Waals surface area contributed by atoms with Crippen LogP contribution in [-0.2, 0) is 16.1 Å². The van der Waals surface area contributed by atoms with Crippen LogP contribution >= 0.6 is 0 Å². The maximum Gasteiger partial charge on any atom is 0.312 e. The van der Waals surface area contributed by atoms with Gasteiger partial charge in [-0.1, -0.05) is 29.8 Å². The monoisotopic (exact) mass is 344 g/mol. The van der Waals surface area contributed by atoms with Crippen molar-refractivity contribution < 1.29 is 9.59 Å². The van der Waals surface area contributed by atoms with E-state index in [9.17, 15) is 9.59 Å². The van der Waals surface area contributed by atoms with Crippen LogP contribution in [0.3, 0.4) is 0 Å². The van der Waals surface area contributed by atoms with Gasteiger partial charge in [0.05, 0.1) is 0 Å². The molecule has 25 heavy (non-hydrogen) atoms. The summed E-state index contributed by atoms with van der Waals surface area (Å²) in [4.78, 5) is 31.0. The lowest BCUT2D eigenvalue weighted by molar-refractivity contribution is -0.154. The van der Waals surface area contributed by atoms with Crippen LogP contribution in [0, 0.1) is 6.92 Å². The molecule has 3 heterocycles. The molecule has 3 saturated heterocycles. The van der Waals surface area contributed by atoms with E-state index < -0.39 is 0 Å². The zero-order chi connectivity index (χ0) is 18.0. The van der Waals surface area contributed by atoms with E-state index in [-0.39, 0.29) is 11.8 Å². The number of rotatable bonds is 5. The van der Waals surface area contributed by atoms with Gasteiger partial charge >= 0.3 is 11.8 Å². The van der Waals surface area contributed by atoms with Gasteiger partial charge in [0.25, 0.3) is 0 Å². The standard InChI is InChI=1S/C19H28N4O2/c1-14-5-4-6-15(9-14)11-22(8-7-21(2)3)18(24)19(25)23-12-16-10-17(13-23)20-16/h4-6,9,16-17,20H,7-8,10-13H2,1-3H3. The number of nitrogens with zero attached hydrogens (tertiary/aromatic N) is 3. The predicted molar refractivity (Wildman–Crippen MR) is 97.1 cm³/mol. The summed E-state index contributed by atoms with van der Waals surface area (Å²) < 4.78 is 0. The molecule has 3 aliphatic rings. The lowest BCUT2D eigenvalue weighted by atomic mass is 9.91. The van der Waals surface area contributed by atoms with Crippen molar-refractivity contribution in [2.45, 2.75) is 32.0 Å². The summed E-state index contributed by atoms with van der Waals surface area (Å²) in [5.41, 5.74) is 2.22. The van der Waals surface area contributed by atoms with Crippen molar-refractivity contribution >= 4 is 11.8 Å². The molecule has 0 aliphatic carbocycles. The van der Waals surface area contributed by atoms with Crippen LogP contribution in [0.1, 0.15) is 17.5 Å². The second kappa shape index (κ2) is 7.54. The number of nitrogens with one attached hydrogen (secondary N) is 1. The van der Waals surface area contributed by atoms with Gasteiger partial charge in [0.15, 0.2) is 0 Å². The van der Waals surface area contributed by atoms with Gasteiger partial charge in [0, 0.05) is 44.8 Å². The van der Waals surface area contributed by atoms with Crippen LogP contribution in [0.4, 0.5) is 0 Å². The lowest BCUT2D eigenvalue weighted by Gasteiger charge is -2.48. The maximum atomic E-state index is 12.9. The molecule has 0 radical (unpaired) electrons. The van der Waals surface area contributed by atoms with E-state index in [1.165, 1.54) is 0 Å². The molecule has 136 valence electrons. The van der Waals surface area contributed by atoms with Crippen LogP contribution in [0.5, 0.6) is 0 Å². The topological polar surface area (TPSA) is 55.9 Å². The van der Waals surface area contributed by atoms with E-state index in [0.29, 0.717) is 38.3 Å². The quantitative estimate of drug-likeness (QED) is 0.789. The number of benzene rings is 1. The van der Waals surface area contributed by atoms with Crippen molar-refractivity contribution in [2.24, 2.45) is 0 Å². The molecule has 1 aromatic rings. The molecule has 1 N–H and O–H groups in total. The van der Waals surface area contributed by atoms with Gasteiger partial charge < -0.3 is 20.0 Å². The molecular weight excluding hydrogens is 316 g/mol. The highest BCUT2D eigenvalue weighted by Gasteiger charge is 2.40. The molecule has 2 bridgehead atoms. The lowest BCUT2D eigenvalue weighted by Crippen LogP contribution is -2.68. The predicted octanol–water partition coefficient (Wildman–Crippen LogP) is 0.458. The van der Waals surface area contributed by atoms with Gasteiger partial charge in [-0.05, 0) is 33.0 Å². The first kappa shape index (κ1) is 17.9. The minimum Gasteiger partial charge on any atom is -0.331 e. The van der Waals surface area contributed by atoms with Gasteiger partial charge in [0.1, 0.15) is 0 Å². The van der Waals surface area contributed by atoms with Crippen LogP contribution in [0.15, 0.2) is 24.3 Å². The zero-order valence-corrected chi connectivity index (χ0v) is 15.4. The van der Waals surface area contributed by atoms with Gasteiger partial charge in [-0.2, -0.15) is 0 Å². The molecular formula is C19H28N4O2. The van der Waals surface area contributed by atoms with Crippen LogP contribution in [0.25, 0.3) is 0 Å². The molecule has 3 aliphatic heterocycles. The highest BCUT2D eigenvalue weighted by molar-refractivity contribution is 6.34. The first-order valence-electron chi connectivity index (χ1n) is 8.97. The summed E-state index contributed by atoms with van der Waals surface area (Å²) in [6.07, 6.45) is 1.12. The second-order valence-corrected chi connectivity index (χ2v) is 7.53. The Labute approximate surface area is 149 Å². The molecule has 0 saturated carbocycles. The van der Waals surface area contributed by atoms with Crippen LogP contribution < -0.4 is 5.32 Å². The van der Waals surface area contributed by atoms with Crippen molar-refractivity contribution in [1.82, 2.24) is 20.0 Å².